The Morgan fingerprint density at radius 2 is 1.42 bits per heavy atom. The van der Waals surface area contributed by atoms with E-state index >= 15 is 4.39 Å². The summed E-state index contributed by atoms with van der Waals surface area (Å²) in [6, 6.07) is 40.5. The van der Waals surface area contributed by atoms with Crippen molar-refractivity contribution in [2.75, 3.05) is 26.9 Å². The number of nitrogens with one attached hydrogen (secondary N) is 1. The van der Waals surface area contributed by atoms with Gasteiger partial charge in [0.05, 0.1) is 30.9 Å². The predicted molar refractivity (Wildman–Crippen MR) is 227 cm³/mol. The summed E-state index contributed by atoms with van der Waals surface area (Å²) in [6.07, 6.45) is 5.62. The van der Waals surface area contributed by atoms with Gasteiger partial charge in [-0.1, -0.05) is 116 Å². The number of methoxy groups -OCH3 is 1. The number of carbonyl (C=O) groups is 2. The van der Waals surface area contributed by atoms with E-state index in [9.17, 15) is 9.59 Å². The second-order valence-corrected chi connectivity index (χ2v) is 15.8. The number of carbonyl (C=O) groups excluding carboxylic acids is 2. The van der Waals surface area contributed by atoms with Gasteiger partial charge in [-0.05, 0) is 91.3 Å². The molecule has 1 amide bonds. The summed E-state index contributed by atoms with van der Waals surface area (Å²) in [4.78, 5) is 28.6. The van der Waals surface area contributed by atoms with Gasteiger partial charge in [0.1, 0.15) is 24.1 Å². The lowest BCUT2D eigenvalue weighted by Gasteiger charge is -2.39. The smallest absolute Gasteiger partial charge is 0.326 e. The highest BCUT2D eigenvalue weighted by Gasteiger charge is 2.41. The molecular formula is C50H55FN2O6. The molecule has 1 unspecified atom stereocenters. The van der Waals surface area contributed by atoms with Crippen molar-refractivity contribution in [3.8, 4) is 17.2 Å². The third-order valence-corrected chi connectivity index (χ3v) is 11.9. The molecule has 0 saturated heterocycles. The monoisotopic (exact) mass is 798 g/mol. The van der Waals surface area contributed by atoms with Crippen LogP contribution >= 0.6 is 0 Å². The van der Waals surface area contributed by atoms with Crippen molar-refractivity contribution in [1.82, 2.24) is 10.2 Å². The first-order chi connectivity index (χ1) is 28.8. The minimum Gasteiger partial charge on any atom is -0.491 e. The lowest BCUT2D eigenvalue weighted by atomic mass is 9.76. The van der Waals surface area contributed by atoms with E-state index < -0.39 is 23.4 Å². The second kappa shape index (κ2) is 19.4. The zero-order valence-electron chi connectivity index (χ0n) is 34.3. The van der Waals surface area contributed by atoms with E-state index in [1.165, 1.54) is 7.11 Å². The van der Waals surface area contributed by atoms with Crippen molar-refractivity contribution in [2.24, 2.45) is 11.8 Å². The molecule has 308 valence electrons. The van der Waals surface area contributed by atoms with Gasteiger partial charge in [0.2, 0.25) is 0 Å². The molecule has 5 aromatic rings. The quantitative estimate of drug-likeness (QED) is 0.0537. The number of esters is 1. The van der Waals surface area contributed by atoms with Crippen molar-refractivity contribution in [1.29, 1.82) is 0 Å². The molecule has 2 atom stereocenters. The molecule has 1 N–H and O–H groups in total. The Kier molecular flexibility index (Phi) is 13.6. The van der Waals surface area contributed by atoms with E-state index in [1.54, 1.807) is 11.0 Å². The van der Waals surface area contributed by atoms with Crippen molar-refractivity contribution in [2.45, 2.75) is 76.6 Å². The maximum absolute atomic E-state index is 15.3. The van der Waals surface area contributed by atoms with Gasteiger partial charge in [0, 0.05) is 19.2 Å². The Labute approximate surface area is 347 Å². The average molecular weight is 799 g/mol. The molecule has 0 spiro atoms. The SMILES string of the molecule is CCCCOc1ccc2c(c1F)C(=O)N(CC1CCC(C(C)Oc3cccc(OC[C@H](NC(c4ccccc4)(c4ccccc4)c4ccccc4)C(=O)OC)c3)CC1)C2. The summed E-state index contributed by atoms with van der Waals surface area (Å²) in [7, 11) is 1.39. The summed E-state index contributed by atoms with van der Waals surface area (Å²) in [5, 5.41) is 3.70. The molecule has 8 nitrogen and oxygen atoms in total. The maximum atomic E-state index is 15.3. The highest BCUT2D eigenvalue weighted by molar-refractivity contribution is 5.99. The summed E-state index contributed by atoms with van der Waals surface area (Å²) < 4.78 is 39.1. The predicted octanol–water partition coefficient (Wildman–Crippen LogP) is 9.74. The summed E-state index contributed by atoms with van der Waals surface area (Å²) in [6.45, 7) is 5.66. The van der Waals surface area contributed by atoms with E-state index in [1.807, 2.05) is 84.9 Å². The van der Waals surface area contributed by atoms with Gasteiger partial charge in [0.15, 0.2) is 11.6 Å². The number of unbranched alkanes of at least 4 members (excludes halogenated alkanes) is 1. The van der Waals surface area contributed by atoms with Crippen LogP contribution < -0.4 is 19.5 Å². The summed E-state index contributed by atoms with van der Waals surface area (Å²) >= 11 is 0. The number of ether oxygens (including phenoxy) is 4. The highest BCUT2D eigenvalue weighted by Crippen LogP contribution is 2.39. The molecule has 1 aliphatic carbocycles. The summed E-state index contributed by atoms with van der Waals surface area (Å²) in [5.74, 6) is 0.895. The first-order valence-corrected chi connectivity index (χ1v) is 21.0. The fraction of sp³-hybridized carbons (Fsp3) is 0.360. The number of halogens is 1. The van der Waals surface area contributed by atoms with Gasteiger partial charge in [-0.2, -0.15) is 0 Å². The van der Waals surface area contributed by atoms with Crippen LogP contribution in [0.1, 0.15) is 85.0 Å². The number of amides is 1. The third kappa shape index (κ3) is 9.47. The Bertz CT molecular complexity index is 2040. The van der Waals surface area contributed by atoms with Crippen LogP contribution in [-0.2, 0) is 21.6 Å². The van der Waals surface area contributed by atoms with E-state index in [0.29, 0.717) is 43.0 Å². The van der Waals surface area contributed by atoms with Gasteiger partial charge in [-0.3, -0.25) is 14.9 Å². The largest absolute Gasteiger partial charge is 0.491 e. The zero-order chi connectivity index (χ0) is 41.2. The maximum Gasteiger partial charge on any atom is 0.326 e. The molecule has 1 aliphatic heterocycles. The molecule has 2 aliphatic rings. The fourth-order valence-electron chi connectivity index (χ4n) is 8.65. The van der Waals surface area contributed by atoms with Crippen molar-refractivity contribution >= 4 is 11.9 Å². The van der Waals surface area contributed by atoms with Gasteiger partial charge >= 0.3 is 5.97 Å². The Morgan fingerprint density at radius 1 is 0.814 bits per heavy atom. The van der Waals surface area contributed by atoms with E-state index in [2.05, 4.69) is 55.6 Å². The normalized spacial score (nSPS) is 17.5. The van der Waals surface area contributed by atoms with E-state index in [4.69, 9.17) is 18.9 Å². The molecular weight excluding hydrogens is 744 g/mol. The zero-order valence-corrected chi connectivity index (χ0v) is 34.3. The topological polar surface area (TPSA) is 86.3 Å². The Hall–Kier alpha value is -5.67. The first-order valence-electron chi connectivity index (χ1n) is 21.0. The highest BCUT2D eigenvalue weighted by atomic mass is 19.1. The molecule has 1 heterocycles. The lowest BCUT2D eigenvalue weighted by molar-refractivity contribution is -0.144. The van der Waals surface area contributed by atoms with E-state index in [-0.39, 0.29) is 29.9 Å². The van der Waals surface area contributed by atoms with Crippen LogP contribution in [0.15, 0.2) is 127 Å². The standard InChI is InChI=1S/C50H55FN2O6/c1-4-5-30-57-45-29-28-38-33-53(48(54)46(38)47(45)51)32-36-24-26-37(27-25-36)35(2)59-43-23-15-22-42(31-43)58-34-44(49(55)56-3)52-50(39-16-9-6-10-17-39,40-18-11-7-12-19-40)41-20-13-8-14-21-41/h6-23,28-29,31,35-37,44,52H,4-5,24-27,30,32-34H2,1-3H3/t35?,36?,37?,44-/m0/s1. The fourth-order valence-corrected chi connectivity index (χ4v) is 8.65. The minimum atomic E-state index is -0.897. The third-order valence-electron chi connectivity index (χ3n) is 11.9. The number of benzene rings is 5. The second-order valence-electron chi connectivity index (χ2n) is 15.8. The van der Waals surface area contributed by atoms with Crippen LogP contribution in [0.3, 0.4) is 0 Å². The summed E-state index contributed by atoms with van der Waals surface area (Å²) in [5.41, 5.74) is 2.91. The minimum absolute atomic E-state index is 0.00901. The number of nitrogens with zero attached hydrogens (tertiary/aromatic N) is 1. The molecule has 0 radical (unpaired) electrons. The van der Waals surface area contributed by atoms with Gasteiger partial charge in [-0.25, -0.2) is 4.39 Å². The lowest BCUT2D eigenvalue weighted by Crippen LogP contribution is -2.55. The van der Waals surface area contributed by atoms with Crippen LogP contribution in [0.25, 0.3) is 0 Å². The Balaban J connectivity index is 0.971. The van der Waals surface area contributed by atoms with Crippen LogP contribution in [0.4, 0.5) is 4.39 Å². The molecule has 9 heteroatoms. The molecule has 1 fully saturated rings. The van der Waals surface area contributed by atoms with Crippen LogP contribution in [0.5, 0.6) is 17.2 Å². The Morgan fingerprint density at radius 3 is 2.02 bits per heavy atom. The van der Waals surface area contributed by atoms with Crippen molar-refractivity contribution in [3.63, 3.8) is 0 Å². The van der Waals surface area contributed by atoms with Crippen LogP contribution in [-0.4, -0.2) is 55.8 Å². The van der Waals surface area contributed by atoms with Crippen molar-refractivity contribution < 1.29 is 32.9 Å². The number of hydrogen-bond acceptors (Lipinski definition) is 7. The van der Waals surface area contributed by atoms with E-state index in [0.717, 1.165) is 60.8 Å². The molecule has 0 aromatic heterocycles. The molecule has 0 bridgehead atoms. The van der Waals surface area contributed by atoms with Crippen LogP contribution in [0.2, 0.25) is 0 Å². The molecule has 59 heavy (non-hydrogen) atoms. The van der Waals surface area contributed by atoms with Crippen molar-refractivity contribution in [3.05, 3.63) is 161 Å². The number of rotatable bonds is 18. The van der Waals surface area contributed by atoms with Crippen LogP contribution in [0, 0.1) is 17.7 Å². The molecule has 7 rings (SSSR count). The first kappa shape index (κ1) is 41.5. The van der Waals surface area contributed by atoms with Gasteiger partial charge in [-0.15, -0.1) is 0 Å². The van der Waals surface area contributed by atoms with Gasteiger partial charge < -0.3 is 23.8 Å². The number of hydrogen-bond donors (Lipinski definition) is 1. The average Bonchev–Trinajstić information content (AvgIpc) is 3.60. The van der Waals surface area contributed by atoms with Gasteiger partial charge in [0.25, 0.3) is 5.91 Å². The number of fused-ring (bicyclic) bond motifs is 1. The molecule has 5 aromatic carbocycles. The molecule has 1 saturated carbocycles.